The van der Waals surface area contributed by atoms with Crippen LogP contribution in [0, 0.1) is 0 Å². The highest BCUT2D eigenvalue weighted by Crippen LogP contribution is 2.03. The van der Waals surface area contributed by atoms with Gasteiger partial charge < -0.3 is 5.32 Å². The third kappa shape index (κ3) is 12.5. The van der Waals surface area contributed by atoms with E-state index in [2.05, 4.69) is 5.32 Å². The number of carbonyl (C=O) groups is 1. The Labute approximate surface area is 86.4 Å². The number of hydrogen-bond donors (Lipinski definition) is 1. The molecule has 0 saturated carbocycles. The molecule has 7 heteroatoms. The normalized spacial score (nSPS) is 9.80. The number of anilines is 1. The summed E-state index contributed by atoms with van der Waals surface area (Å²) in [5.74, 6) is -0.0359. The highest BCUT2D eigenvalue weighted by Gasteiger charge is 1.94. The molecule has 0 unspecified atom stereocenters. The van der Waals surface area contributed by atoms with Gasteiger partial charge in [0.2, 0.25) is 5.91 Å². The van der Waals surface area contributed by atoms with Crippen molar-refractivity contribution in [3.63, 3.8) is 0 Å². The summed E-state index contributed by atoms with van der Waals surface area (Å²) in [6, 6.07) is 9.37. The van der Waals surface area contributed by atoms with Crippen LogP contribution in [0.25, 0.3) is 0 Å². The lowest BCUT2D eigenvalue weighted by molar-refractivity contribution is -0.114. The van der Waals surface area contributed by atoms with Crippen LogP contribution < -0.4 is 5.32 Å². The number of benzene rings is 1. The van der Waals surface area contributed by atoms with Crippen LogP contribution in [-0.2, 0) is 15.4 Å². The van der Waals surface area contributed by atoms with E-state index >= 15 is 0 Å². The van der Waals surface area contributed by atoms with Gasteiger partial charge >= 0.3 is 10.6 Å². The van der Waals surface area contributed by atoms with E-state index in [0.717, 1.165) is 5.69 Å². The molecule has 15 heavy (non-hydrogen) atoms. The highest BCUT2D eigenvalue weighted by molar-refractivity contribution is 7.81. The van der Waals surface area contributed by atoms with Gasteiger partial charge in [-0.3, -0.25) is 4.79 Å². The molecule has 0 aliphatic rings. The van der Waals surface area contributed by atoms with Crippen LogP contribution in [-0.4, -0.2) is 14.3 Å². The lowest BCUT2D eigenvalue weighted by Crippen LogP contribution is -2.04. The molecule has 0 bridgehead atoms. The minimum Gasteiger partial charge on any atom is -0.326 e. The van der Waals surface area contributed by atoms with Crippen molar-refractivity contribution in [2.45, 2.75) is 6.92 Å². The Kier molecular flexibility index (Phi) is 5.46. The van der Waals surface area contributed by atoms with Crippen molar-refractivity contribution in [1.29, 1.82) is 0 Å². The first-order chi connectivity index (χ1) is 6.79. The van der Waals surface area contributed by atoms with Crippen LogP contribution in [0.2, 0.25) is 0 Å². The summed E-state index contributed by atoms with van der Waals surface area (Å²) in [4.78, 5) is 10.5. The van der Waals surface area contributed by atoms with Gasteiger partial charge in [-0.2, -0.15) is 8.42 Å². The Hall–Kier alpha value is -1.50. The fraction of sp³-hybridized carbons (Fsp3) is 0.125. The second-order valence-electron chi connectivity index (χ2n) is 2.43. The molecule has 0 saturated heterocycles. The van der Waals surface area contributed by atoms with Crippen LogP contribution in [0.3, 0.4) is 0 Å². The fourth-order valence-electron chi connectivity index (χ4n) is 0.725. The standard InChI is InChI=1S/C8H9NO.F2O2S/c1-7(10)9-8-5-3-2-4-6-8;1-5(2,3)4/h2-6H,1H3,(H,9,10);. The van der Waals surface area contributed by atoms with Crippen molar-refractivity contribution in [3.8, 4) is 0 Å². The number of amides is 1. The minimum atomic E-state index is -5.67. The predicted octanol–water partition coefficient (Wildman–Crippen LogP) is 1.82. The molecule has 1 N–H and O–H groups in total. The molecule has 1 amide bonds. The molecule has 0 aliphatic carbocycles. The Morgan fingerprint density at radius 1 is 1.20 bits per heavy atom. The van der Waals surface area contributed by atoms with Gasteiger partial charge in [0.05, 0.1) is 0 Å². The number of nitrogens with one attached hydrogen (secondary N) is 1. The van der Waals surface area contributed by atoms with E-state index < -0.39 is 10.6 Å². The third-order valence-corrected chi connectivity index (χ3v) is 1.09. The Morgan fingerprint density at radius 2 is 1.60 bits per heavy atom. The Morgan fingerprint density at radius 3 is 1.93 bits per heavy atom. The molecule has 0 aliphatic heterocycles. The zero-order valence-electron chi connectivity index (χ0n) is 7.78. The lowest BCUT2D eigenvalue weighted by Gasteiger charge is -1.98. The predicted molar refractivity (Wildman–Crippen MR) is 51.9 cm³/mol. The van der Waals surface area contributed by atoms with Gasteiger partial charge in [-0.25, -0.2) is 0 Å². The smallest absolute Gasteiger partial charge is 0.326 e. The van der Waals surface area contributed by atoms with Crippen LogP contribution >= 0.6 is 0 Å². The average molecular weight is 237 g/mol. The van der Waals surface area contributed by atoms with Crippen molar-refractivity contribution in [2.24, 2.45) is 0 Å². The quantitative estimate of drug-likeness (QED) is 0.758. The number of halogens is 2. The van der Waals surface area contributed by atoms with Crippen LogP contribution in [0.5, 0.6) is 0 Å². The van der Waals surface area contributed by atoms with Crippen molar-refractivity contribution in [3.05, 3.63) is 30.3 Å². The third-order valence-electron chi connectivity index (χ3n) is 1.09. The minimum absolute atomic E-state index is 0.0359. The van der Waals surface area contributed by atoms with E-state index in [1.807, 2.05) is 30.3 Å². The van der Waals surface area contributed by atoms with Crippen molar-refractivity contribution in [2.75, 3.05) is 5.32 Å². The maximum absolute atomic E-state index is 10.5. The van der Waals surface area contributed by atoms with Crippen LogP contribution in [0.1, 0.15) is 6.92 Å². The summed E-state index contributed by atoms with van der Waals surface area (Å²) < 4.78 is 36.6. The molecule has 1 aromatic carbocycles. The van der Waals surface area contributed by atoms with Crippen molar-refractivity contribution in [1.82, 2.24) is 0 Å². The summed E-state index contributed by atoms with van der Waals surface area (Å²) in [5.41, 5.74) is 0.843. The Bertz CT molecular complexity index is 397. The first-order valence-corrected chi connectivity index (χ1v) is 5.04. The van der Waals surface area contributed by atoms with Gasteiger partial charge in [-0.1, -0.05) is 26.0 Å². The van der Waals surface area contributed by atoms with Gasteiger partial charge in [0.25, 0.3) is 0 Å². The Balaban J connectivity index is 0.000000336. The summed E-state index contributed by atoms with van der Waals surface area (Å²) in [6.45, 7) is 1.49. The number of hydrogen-bond acceptors (Lipinski definition) is 3. The molecule has 1 rings (SSSR count). The molecule has 0 spiro atoms. The molecule has 0 fully saturated rings. The summed E-state index contributed by atoms with van der Waals surface area (Å²) in [5, 5.41) is 2.67. The average Bonchev–Trinajstić information content (AvgIpc) is 2.01. The maximum atomic E-state index is 10.5. The van der Waals surface area contributed by atoms with Crippen molar-refractivity contribution >= 4 is 22.2 Å². The van der Waals surface area contributed by atoms with Gasteiger partial charge in [-0.15, -0.1) is 0 Å². The van der Waals surface area contributed by atoms with E-state index in [-0.39, 0.29) is 5.91 Å². The van der Waals surface area contributed by atoms with E-state index in [1.54, 1.807) is 0 Å². The lowest BCUT2D eigenvalue weighted by atomic mass is 10.3. The van der Waals surface area contributed by atoms with Gasteiger partial charge in [0, 0.05) is 12.6 Å². The molecular weight excluding hydrogens is 228 g/mol. The van der Waals surface area contributed by atoms with Gasteiger partial charge in [-0.05, 0) is 12.1 Å². The number of rotatable bonds is 1. The second-order valence-corrected chi connectivity index (χ2v) is 3.18. The van der Waals surface area contributed by atoms with E-state index in [1.165, 1.54) is 6.92 Å². The van der Waals surface area contributed by atoms with Gasteiger partial charge in [0.15, 0.2) is 0 Å². The number of para-hydroxylation sites is 1. The van der Waals surface area contributed by atoms with Gasteiger partial charge in [0.1, 0.15) is 0 Å². The maximum Gasteiger partial charge on any atom is 0.476 e. The molecule has 1 aromatic rings. The summed E-state index contributed by atoms with van der Waals surface area (Å²) >= 11 is 0. The second kappa shape index (κ2) is 6.07. The fourth-order valence-corrected chi connectivity index (χ4v) is 0.725. The molecule has 0 radical (unpaired) electrons. The summed E-state index contributed by atoms with van der Waals surface area (Å²) in [6.07, 6.45) is 0. The van der Waals surface area contributed by atoms with E-state index in [9.17, 15) is 12.6 Å². The monoisotopic (exact) mass is 237 g/mol. The molecule has 4 nitrogen and oxygen atoms in total. The van der Waals surface area contributed by atoms with Crippen LogP contribution in [0.15, 0.2) is 30.3 Å². The first-order valence-electron chi connectivity index (χ1n) is 3.76. The largest absolute Gasteiger partial charge is 0.476 e. The molecule has 0 atom stereocenters. The SMILES string of the molecule is CC(=O)Nc1ccccc1.O=S(=O)(F)F. The highest BCUT2D eigenvalue weighted by atomic mass is 32.3. The first kappa shape index (κ1) is 13.5. The number of carbonyl (C=O) groups excluding carboxylic acids is 1. The zero-order valence-corrected chi connectivity index (χ0v) is 8.59. The summed E-state index contributed by atoms with van der Waals surface area (Å²) in [7, 11) is -5.67. The zero-order chi connectivity index (χ0) is 11.9. The van der Waals surface area contributed by atoms with Crippen molar-refractivity contribution < 1.29 is 21.0 Å². The molecule has 84 valence electrons. The molecule has 0 heterocycles. The molecular formula is C8H9F2NO3S. The van der Waals surface area contributed by atoms with Crippen LogP contribution in [0.4, 0.5) is 13.5 Å². The molecule has 0 aromatic heterocycles. The van der Waals surface area contributed by atoms with E-state index in [0.29, 0.717) is 0 Å². The van der Waals surface area contributed by atoms with E-state index in [4.69, 9.17) is 8.42 Å². The topological polar surface area (TPSA) is 63.2 Å².